The van der Waals surface area contributed by atoms with Gasteiger partial charge in [0.25, 0.3) is 0 Å². The maximum Gasteiger partial charge on any atom is 0.120 e. The van der Waals surface area contributed by atoms with Gasteiger partial charge in [-0.1, -0.05) is 15.9 Å². The molecule has 68 valence electrons. The average Bonchev–Trinajstić information content (AvgIpc) is 2.58. The zero-order valence-corrected chi connectivity index (χ0v) is 9.61. The second-order valence-electron chi connectivity index (χ2n) is 2.75. The number of benzene rings is 1. The lowest BCUT2D eigenvalue weighted by Gasteiger charge is -1.97. The van der Waals surface area contributed by atoms with Gasteiger partial charge in [0, 0.05) is 14.9 Å². The van der Waals surface area contributed by atoms with Crippen molar-refractivity contribution >= 4 is 37.4 Å². The summed E-state index contributed by atoms with van der Waals surface area (Å²) in [7, 11) is 1.69. The Balaban J connectivity index is 2.57. The predicted octanol–water partition coefficient (Wildman–Crippen LogP) is 3.80. The van der Waals surface area contributed by atoms with Crippen LogP contribution in [0.4, 0.5) is 0 Å². The van der Waals surface area contributed by atoms with E-state index in [1.54, 1.807) is 18.4 Å². The van der Waals surface area contributed by atoms with E-state index < -0.39 is 0 Å². The highest BCUT2D eigenvalue weighted by molar-refractivity contribution is 9.08. The van der Waals surface area contributed by atoms with Crippen molar-refractivity contribution in [2.24, 2.45) is 0 Å². The molecule has 2 rings (SSSR count). The van der Waals surface area contributed by atoms with Crippen molar-refractivity contribution in [3.05, 3.63) is 29.1 Å². The van der Waals surface area contributed by atoms with Crippen molar-refractivity contribution in [2.75, 3.05) is 7.11 Å². The van der Waals surface area contributed by atoms with Crippen LogP contribution < -0.4 is 4.74 Å². The molecular formula is C10H9BrOS. The number of alkyl halides is 1. The first-order valence-electron chi connectivity index (χ1n) is 3.96. The van der Waals surface area contributed by atoms with Gasteiger partial charge < -0.3 is 4.74 Å². The molecule has 1 nitrogen and oxygen atoms in total. The predicted molar refractivity (Wildman–Crippen MR) is 61.0 cm³/mol. The van der Waals surface area contributed by atoms with Gasteiger partial charge in [-0.3, -0.25) is 0 Å². The van der Waals surface area contributed by atoms with Gasteiger partial charge in [-0.2, -0.15) is 0 Å². The molecule has 13 heavy (non-hydrogen) atoms. The zero-order valence-electron chi connectivity index (χ0n) is 7.21. The molecule has 0 spiro atoms. The van der Waals surface area contributed by atoms with Crippen LogP contribution in [0.25, 0.3) is 10.1 Å². The fourth-order valence-corrected chi connectivity index (χ4v) is 2.71. The smallest absolute Gasteiger partial charge is 0.120 e. The van der Waals surface area contributed by atoms with Crippen molar-refractivity contribution < 1.29 is 4.74 Å². The molecule has 0 amide bonds. The van der Waals surface area contributed by atoms with Crippen LogP contribution in [-0.4, -0.2) is 7.11 Å². The van der Waals surface area contributed by atoms with E-state index in [4.69, 9.17) is 4.74 Å². The molecule has 1 heterocycles. The molecule has 0 fully saturated rings. The van der Waals surface area contributed by atoms with E-state index in [2.05, 4.69) is 34.1 Å². The first kappa shape index (κ1) is 9.03. The molecule has 0 aliphatic carbocycles. The summed E-state index contributed by atoms with van der Waals surface area (Å²) in [4.78, 5) is 1.35. The van der Waals surface area contributed by atoms with E-state index >= 15 is 0 Å². The molecule has 0 N–H and O–H groups in total. The number of thiophene rings is 1. The van der Waals surface area contributed by atoms with Gasteiger partial charge in [0.2, 0.25) is 0 Å². The maximum absolute atomic E-state index is 5.16. The Labute approximate surface area is 89.5 Å². The number of rotatable bonds is 2. The third kappa shape index (κ3) is 1.71. The third-order valence-electron chi connectivity index (χ3n) is 1.91. The van der Waals surface area contributed by atoms with Crippen LogP contribution in [-0.2, 0) is 5.33 Å². The monoisotopic (exact) mass is 256 g/mol. The number of hydrogen-bond acceptors (Lipinski definition) is 2. The lowest BCUT2D eigenvalue weighted by atomic mass is 10.2. The molecule has 0 aliphatic rings. The third-order valence-corrected chi connectivity index (χ3v) is 3.98. The van der Waals surface area contributed by atoms with Crippen LogP contribution >= 0.6 is 27.3 Å². The van der Waals surface area contributed by atoms with Gasteiger partial charge >= 0.3 is 0 Å². The molecule has 1 aromatic heterocycles. The van der Waals surface area contributed by atoms with Gasteiger partial charge in [-0.25, -0.2) is 0 Å². The highest BCUT2D eigenvalue weighted by Gasteiger charge is 2.01. The summed E-state index contributed by atoms with van der Waals surface area (Å²) in [6, 6.07) is 8.37. The second kappa shape index (κ2) is 3.68. The van der Waals surface area contributed by atoms with Crippen LogP contribution in [0.3, 0.4) is 0 Å². The van der Waals surface area contributed by atoms with Crippen LogP contribution in [0.5, 0.6) is 5.75 Å². The number of methoxy groups -OCH3 is 1. The fourth-order valence-electron chi connectivity index (χ4n) is 1.26. The van der Waals surface area contributed by atoms with E-state index in [1.165, 1.54) is 15.0 Å². The van der Waals surface area contributed by atoms with Gasteiger partial charge in [-0.15, -0.1) is 11.3 Å². The minimum Gasteiger partial charge on any atom is -0.497 e. The molecule has 1 aromatic carbocycles. The van der Waals surface area contributed by atoms with Gasteiger partial charge in [0.1, 0.15) is 5.75 Å². The molecular weight excluding hydrogens is 248 g/mol. The quantitative estimate of drug-likeness (QED) is 0.743. The van der Waals surface area contributed by atoms with Crippen LogP contribution in [0.1, 0.15) is 4.88 Å². The van der Waals surface area contributed by atoms with E-state index in [0.717, 1.165) is 11.1 Å². The largest absolute Gasteiger partial charge is 0.497 e. The highest BCUT2D eigenvalue weighted by Crippen LogP contribution is 2.29. The minimum atomic E-state index is 0.925. The van der Waals surface area contributed by atoms with E-state index in [0.29, 0.717) is 0 Å². The van der Waals surface area contributed by atoms with Gasteiger partial charge in [0.15, 0.2) is 0 Å². The zero-order chi connectivity index (χ0) is 9.26. The Morgan fingerprint density at radius 3 is 2.92 bits per heavy atom. The van der Waals surface area contributed by atoms with Crippen LogP contribution in [0.15, 0.2) is 24.3 Å². The normalized spacial score (nSPS) is 10.6. The first-order valence-corrected chi connectivity index (χ1v) is 5.89. The molecule has 0 atom stereocenters. The first-order chi connectivity index (χ1) is 6.33. The summed E-state index contributed by atoms with van der Waals surface area (Å²) < 4.78 is 6.45. The summed E-state index contributed by atoms with van der Waals surface area (Å²) in [5.41, 5.74) is 0. The molecule has 0 saturated carbocycles. The number of hydrogen-bond donors (Lipinski definition) is 0. The van der Waals surface area contributed by atoms with E-state index in [-0.39, 0.29) is 0 Å². The molecule has 2 aromatic rings. The molecule has 0 saturated heterocycles. The summed E-state index contributed by atoms with van der Waals surface area (Å²) in [6.45, 7) is 0. The molecule has 0 unspecified atom stereocenters. The Hall–Kier alpha value is -0.540. The Kier molecular flexibility index (Phi) is 2.56. The van der Waals surface area contributed by atoms with Crippen molar-refractivity contribution in [3.8, 4) is 5.75 Å². The van der Waals surface area contributed by atoms with Crippen molar-refractivity contribution in [1.82, 2.24) is 0 Å². The number of halogens is 1. The molecule has 0 bridgehead atoms. The van der Waals surface area contributed by atoms with E-state index in [9.17, 15) is 0 Å². The van der Waals surface area contributed by atoms with Crippen molar-refractivity contribution in [1.29, 1.82) is 0 Å². The Morgan fingerprint density at radius 2 is 2.23 bits per heavy atom. The molecule has 3 heteroatoms. The average molecular weight is 257 g/mol. The minimum absolute atomic E-state index is 0.925. The highest BCUT2D eigenvalue weighted by atomic mass is 79.9. The molecule has 0 aliphatic heterocycles. The van der Waals surface area contributed by atoms with Crippen LogP contribution in [0, 0.1) is 0 Å². The lowest BCUT2D eigenvalue weighted by Crippen LogP contribution is -1.79. The van der Waals surface area contributed by atoms with Gasteiger partial charge in [0.05, 0.1) is 7.11 Å². The van der Waals surface area contributed by atoms with Gasteiger partial charge in [-0.05, 0) is 29.7 Å². The van der Waals surface area contributed by atoms with E-state index in [1.807, 2.05) is 6.07 Å². The maximum atomic E-state index is 5.16. The summed E-state index contributed by atoms with van der Waals surface area (Å²) in [5, 5.41) is 2.22. The van der Waals surface area contributed by atoms with Crippen molar-refractivity contribution in [2.45, 2.75) is 5.33 Å². The second-order valence-corrected chi connectivity index (χ2v) is 4.48. The summed E-state index contributed by atoms with van der Waals surface area (Å²) in [6.07, 6.45) is 0. The Bertz CT molecular complexity index is 420. The lowest BCUT2D eigenvalue weighted by molar-refractivity contribution is 0.415. The summed E-state index contributed by atoms with van der Waals surface area (Å²) >= 11 is 5.25. The summed E-state index contributed by atoms with van der Waals surface area (Å²) in [5.74, 6) is 0.926. The SMILES string of the molecule is COc1ccc2cc(CBr)sc2c1. The number of fused-ring (bicyclic) bond motifs is 1. The topological polar surface area (TPSA) is 9.23 Å². The Morgan fingerprint density at radius 1 is 1.38 bits per heavy atom. The standard InChI is InChI=1S/C10H9BrOS/c1-12-8-3-2-7-4-9(6-11)13-10(7)5-8/h2-5H,6H2,1H3. The number of ether oxygens (including phenoxy) is 1. The fraction of sp³-hybridized carbons (Fsp3) is 0.200. The molecule has 0 radical (unpaired) electrons. The van der Waals surface area contributed by atoms with Crippen LogP contribution in [0.2, 0.25) is 0 Å². The van der Waals surface area contributed by atoms with Crippen molar-refractivity contribution in [3.63, 3.8) is 0 Å².